The van der Waals surface area contributed by atoms with E-state index in [0.717, 1.165) is 11.1 Å². The van der Waals surface area contributed by atoms with Crippen molar-refractivity contribution in [2.45, 2.75) is 13.5 Å². The van der Waals surface area contributed by atoms with E-state index in [9.17, 15) is 9.18 Å². The number of ketones is 1. The van der Waals surface area contributed by atoms with Crippen LogP contribution in [0.2, 0.25) is 5.02 Å². The van der Waals surface area contributed by atoms with Gasteiger partial charge >= 0.3 is 0 Å². The molecule has 0 fully saturated rings. The minimum atomic E-state index is -0.523. The Morgan fingerprint density at radius 3 is 2.60 bits per heavy atom. The van der Waals surface area contributed by atoms with E-state index in [4.69, 9.17) is 21.1 Å². The van der Waals surface area contributed by atoms with Crippen LogP contribution in [-0.2, 0) is 6.61 Å². The van der Waals surface area contributed by atoms with Gasteiger partial charge in [-0.15, -0.1) is 0 Å². The van der Waals surface area contributed by atoms with Gasteiger partial charge in [0, 0.05) is 11.1 Å². The Bertz CT molecular complexity index is 1160. The molecule has 0 amide bonds. The van der Waals surface area contributed by atoms with Crippen molar-refractivity contribution < 1.29 is 18.7 Å². The molecule has 1 heterocycles. The Labute approximate surface area is 179 Å². The van der Waals surface area contributed by atoms with E-state index in [1.54, 1.807) is 24.3 Å². The summed E-state index contributed by atoms with van der Waals surface area (Å²) in [6.45, 7) is 5.94. The Kier molecular flexibility index (Phi) is 5.42. The van der Waals surface area contributed by atoms with E-state index in [1.165, 1.54) is 18.2 Å². The van der Waals surface area contributed by atoms with Crippen molar-refractivity contribution in [3.05, 3.63) is 106 Å². The van der Waals surface area contributed by atoms with Crippen molar-refractivity contribution in [3.8, 4) is 11.5 Å². The first kappa shape index (κ1) is 19.9. The van der Waals surface area contributed by atoms with Crippen LogP contribution in [0.1, 0.15) is 32.6 Å². The maximum Gasteiger partial charge on any atom is 0.231 e. The fourth-order valence-corrected chi connectivity index (χ4v) is 3.43. The molecule has 0 atom stereocenters. The second-order valence-corrected chi connectivity index (χ2v) is 7.28. The molecule has 0 aliphatic carbocycles. The first-order chi connectivity index (χ1) is 14.5. The van der Waals surface area contributed by atoms with Gasteiger partial charge in [-0.25, -0.2) is 4.39 Å². The fraction of sp³-hybridized carbons (Fsp3) is 0.0800. The van der Waals surface area contributed by atoms with Crippen molar-refractivity contribution in [2.24, 2.45) is 0 Å². The molecule has 1 aliphatic heterocycles. The second kappa shape index (κ2) is 8.17. The molecule has 4 rings (SSSR count). The van der Waals surface area contributed by atoms with Crippen LogP contribution in [-0.4, -0.2) is 5.78 Å². The lowest BCUT2D eigenvalue weighted by molar-refractivity contribution is 0.101. The van der Waals surface area contributed by atoms with E-state index in [2.05, 4.69) is 6.58 Å². The molecule has 0 saturated heterocycles. The third kappa shape index (κ3) is 3.74. The summed E-state index contributed by atoms with van der Waals surface area (Å²) in [5.41, 5.74) is 3.27. The van der Waals surface area contributed by atoms with Gasteiger partial charge in [0.1, 0.15) is 23.9 Å². The molecule has 0 N–H and O–H groups in total. The fourth-order valence-electron chi connectivity index (χ4n) is 3.22. The molecule has 150 valence electrons. The lowest BCUT2D eigenvalue weighted by Gasteiger charge is -2.11. The highest BCUT2D eigenvalue weighted by molar-refractivity contribution is 6.32. The monoisotopic (exact) mass is 420 g/mol. The quantitative estimate of drug-likeness (QED) is 0.435. The Balaban J connectivity index is 1.58. The van der Waals surface area contributed by atoms with Gasteiger partial charge in [0.05, 0.1) is 10.6 Å². The zero-order valence-electron chi connectivity index (χ0n) is 16.2. The van der Waals surface area contributed by atoms with Crippen molar-refractivity contribution in [3.63, 3.8) is 0 Å². The number of fused-ring (bicyclic) bond motifs is 1. The topological polar surface area (TPSA) is 35.5 Å². The summed E-state index contributed by atoms with van der Waals surface area (Å²) in [4.78, 5) is 12.7. The lowest BCUT2D eigenvalue weighted by atomic mass is 10.1. The SMILES string of the molecule is C=Cc1ccc(COc2ccc3c(c2C)O/C(=C\c2c(F)cccc2Cl)C3=O)cc1. The summed E-state index contributed by atoms with van der Waals surface area (Å²) >= 11 is 6.07. The zero-order chi connectivity index (χ0) is 21.3. The first-order valence-electron chi connectivity index (χ1n) is 9.34. The number of ether oxygens (including phenoxy) is 2. The van der Waals surface area contributed by atoms with Gasteiger partial charge in [-0.05, 0) is 48.4 Å². The zero-order valence-corrected chi connectivity index (χ0v) is 17.0. The van der Waals surface area contributed by atoms with Gasteiger partial charge in [0.15, 0.2) is 5.76 Å². The molecule has 3 nitrogen and oxygen atoms in total. The molecule has 0 saturated carbocycles. The predicted molar refractivity (Wildman–Crippen MR) is 116 cm³/mol. The Hall–Kier alpha value is -3.37. The highest BCUT2D eigenvalue weighted by atomic mass is 35.5. The molecule has 0 aromatic heterocycles. The molecule has 3 aromatic rings. The van der Waals surface area contributed by atoms with E-state index in [1.807, 2.05) is 31.2 Å². The number of allylic oxidation sites excluding steroid dienone is 1. The smallest absolute Gasteiger partial charge is 0.231 e. The van der Waals surface area contributed by atoms with E-state index < -0.39 is 5.82 Å². The highest BCUT2D eigenvalue weighted by Crippen LogP contribution is 2.40. The van der Waals surface area contributed by atoms with Crippen molar-refractivity contribution in [2.75, 3.05) is 0 Å². The number of carbonyl (C=O) groups is 1. The number of halogens is 2. The van der Waals surface area contributed by atoms with Crippen molar-refractivity contribution in [1.29, 1.82) is 0 Å². The number of benzene rings is 3. The van der Waals surface area contributed by atoms with E-state index >= 15 is 0 Å². The van der Waals surface area contributed by atoms with Gasteiger partial charge in [-0.1, -0.05) is 54.6 Å². The van der Waals surface area contributed by atoms with Crippen molar-refractivity contribution in [1.82, 2.24) is 0 Å². The third-order valence-electron chi connectivity index (χ3n) is 4.92. The number of hydrogen-bond donors (Lipinski definition) is 0. The Morgan fingerprint density at radius 1 is 1.13 bits per heavy atom. The van der Waals surface area contributed by atoms with Crippen LogP contribution in [0.4, 0.5) is 4.39 Å². The van der Waals surface area contributed by atoms with Gasteiger partial charge in [0.2, 0.25) is 5.78 Å². The van der Waals surface area contributed by atoms with Gasteiger partial charge < -0.3 is 9.47 Å². The highest BCUT2D eigenvalue weighted by Gasteiger charge is 2.30. The second-order valence-electron chi connectivity index (χ2n) is 6.87. The maximum atomic E-state index is 14.1. The van der Waals surface area contributed by atoms with Gasteiger partial charge in [-0.3, -0.25) is 4.79 Å². The van der Waals surface area contributed by atoms with Crippen LogP contribution in [0.25, 0.3) is 12.2 Å². The molecular weight excluding hydrogens is 403 g/mol. The number of carbonyl (C=O) groups excluding carboxylic acids is 1. The molecule has 5 heteroatoms. The molecule has 0 bridgehead atoms. The number of Topliss-reactive ketones (excluding diaryl/α,β-unsaturated/α-hetero) is 1. The molecule has 30 heavy (non-hydrogen) atoms. The first-order valence-corrected chi connectivity index (χ1v) is 9.71. The summed E-state index contributed by atoms with van der Waals surface area (Å²) in [6, 6.07) is 15.6. The van der Waals surface area contributed by atoms with Crippen LogP contribution in [0.3, 0.4) is 0 Å². The maximum absolute atomic E-state index is 14.1. The summed E-state index contributed by atoms with van der Waals surface area (Å²) in [6.07, 6.45) is 3.12. The standard InChI is InChI=1S/C25H18ClFO3/c1-3-16-7-9-17(10-8-16)14-29-22-12-11-18-24(28)23(30-25(18)15(22)2)13-19-20(26)5-4-6-21(19)27/h3-13H,1,14H2,2H3/b23-13-. The predicted octanol–water partition coefficient (Wildman–Crippen LogP) is 6.63. The van der Waals surface area contributed by atoms with Gasteiger partial charge in [0.25, 0.3) is 0 Å². The van der Waals surface area contributed by atoms with Crippen LogP contribution in [0.15, 0.2) is 66.9 Å². The average molecular weight is 421 g/mol. The lowest BCUT2D eigenvalue weighted by Crippen LogP contribution is -1.99. The molecular formula is C25H18ClFO3. The van der Waals surface area contributed by atoms with Gasteiger partial charge in [-0.2, -0.15) is 0 Å². The largest absolute Gasteiger partial charge is 0.488 e. The molecule has 0 spiro atoms. The minimum absolute atomic E-state index is 0.0252. The molecule has 3 aromatic carbocycles. The van der Waals surface area contributed by atoms with Crippen LogP contribution in [0.5, 0.6) is 11.5 Å². The Morgan fingerprint density at radius 2 is 1.90 bits per heavy atom. The van der Waals surface area contributed by atoms with Crippen LogP contribution >= 0.6 is 11.6 Å². The summed E-state index contributed by atoms with van der Waals surface area (Å²) < 4.78 is 25.8. The molecule has 0 radical (unpaired) electrons. The summed E-state index contributed by atoms with van der Waals surface area (Å²) in [7, 11) is 0. The van der Waals surface area contributed by atoms with E-state index in [0.29, 0.717) is 29.2 Å². The van der Waals surface area contributed by atoms with Crippen LogP contribution < -0.4 is 9.47 Å². The average Bonchev–Trinajstić information content (AvgIpc) is 3.07. The summed E-state index contributed by atoms with van der Waals surface area (Å²) in [5.74, 6) is 0.208. The van der Waals surface area contributed by atoms with Crippen LogP contribution in [0, 0.1) is 12.7 Å². The number of rotatable bonds is 5. The molecule has 0 unspecified atom stereocenters. The minimum Gasteiger partial charge on any atom is -0.488 e. The molecule has 1 aliphatic rings. The number of hydrogen-bond acceptors (Lipinski definition) is 3. The van der Waals surface area contributed by atoms with E-state index in [-0.39, 0.29) is 22.1 Å². The normalized spacial score (nSPS) is 13.8. The third-order valence-corrected chi connectivity index (χ3v) is 5.25. The summed E-state index contributed by atoms with van der Waals surface area (Å²) in [5, 5.41) is 0.207. The van der Waals surface area contributed by atoms with Crippen molar-refractivity contribution >= 4 is 29.5 Å².